The minimum Gasteiger partial charge on any atom is -0.397 e. The van der Waals surface area contributed by atoms with Crippen molar-refractivity contribution in [2.45, 2.75) is 26.7 Å². The van der Waals surface area contributed by atoms with E-state index < -0.39 is 4.92 Å². The molecule has 0 unspecified atom stereocenters. The molecule has 0 radical (unpaired) electrons. The lowest BCUT2D eigenvalue weighted by atomic mass is 9.79. The third-order valence-electron chi connectivity index (χ3n) is 3.20. The molecule has 1 aromatic carbocycles. The van der Waals surface area contributed by atoms with Crippen molar-refractivity contribution in [2.24, 2.45) is 5.41 Å². The summed E-state index contributed by atoms with van der Waals surface area (Å²) in [4.78, 5) is 22.0. The summed E-state index contributed by atoms with van der Waals surface area (Å²) in [5.74, 6) is 0.0488. The zero-order chi connectivity index (χ0) is 14.9. The average Bonchev–Trinajstić information content (AvgIpc) is 2.28. The van der Waals surface area contributed by atoms with Crippen molar-refractivity contribution in [1.29, 1.82) is 0 Å². The van der Waals surface area contributed by atoms with Crippen molar-refractivity contribution in [2.75, 3.05) is 11.1 Å². The fraction of sp³-hybridized carbons (Fsp3) is 0.357. The van der Waals surface area contributed by atoms with Crippen LogP contribution in [0.15, 0.2) is 30.0 Å². The van der Waals surface area contributed by atoms with Gasteiger partial charge in [-0.05, 0) is 17.9 Å². The zero-order valence-electron chi connectivity index (χ0n) is 11.5. The molecule has 1 aliphatic carbocycles. The van der Waals surface area contributed by atoms with Gasteiger partial charge in [0.05, 0.1) is 16.3 Å². The van der Waals surface area contributed by atoms with E-state index in [1.165, 1.54) is 18.2 Å². The van der Waals surface area contributed by atoms with Crippen LogP contribution < -0.4 is 11.1 Å². The van der Waals surface area contributed by atoms with E-state index in [0.717, 1.165) is 5.70 Å². The summed E-state index contributed by atoms with van der Waals surface area (Å²) in [5.41, 5.74) is 7.25. The van der Waals surface area contributed by atoms with Crippen LogP contribution >= 0.6 is 0 Å². The van der Waals surface area contributed by atoms with E-state index in [1.807, 2.05) is 13.8 Å². The number of nitrogen functional groups attached to an aromatic ring is 1. The fourth-order valence-corrected chi connectivity index (χ4v) is 2.37. The van der Waals surface area contributed by atoms with Gasteiger partial charge in [-0.2, -0.15) is 0 Å². The van der Waals surface area contributed by atoms with Gasteiger partial charge in [-0.25, -0.2) is 0 Å². The van der Waals surface area contributed by atoms with Gasteiger partial charge in [0.2, 0.25) is 0 Å². The van der Waals surface area contributed by atoms with E-state index >= 15 is 0 Å². The van der Waals surface area contributed by atoms with Gasteiger partial charge < -0.3 is 11.1 Å². The topological polar surface area (TPSA) is 98.3 Å². The summed E-state index contributed by atoms with van der Waals surface area (Å²) < 4.78 is 0. The molecule has 6 nitrogen and oxygen atoms in total. The Morgan fingerprint density at radius 2 is 2.05 bits per heavy atom. The number of benzene rings is 1. The number of nitro benzene ring substituents is 1. The van der Waals surface area contributed by atoms with Crippen molar-refractivity contribution in [3.05, 3.63) is 40.1 Å². The maximum absolute atomic E-state index is 11.7. The summed E-state index contributed by atoms with van der Waals surface area (Å²) >= 11 is 0. The Balaban J connectivity index is 2.28. The first kappa shape index (κ1) is 14.0. The number of non-ortho nitro benzene ring substituents is 1. The number of nitrogens with two attached hydrogens (primary N) is 1. The third-order valence-corrected chi connectivity index (χ3v) is 3.20. The summed E-state index contributed by atoms with van der Waals surface area (Å²) in [6.45, 7) is 4.02. The Hall–Kier alpha value is -2.37. The second kappa shape index (κ2) is 4.96. The molecule has 20 heavy (non-hydrogen) atoms. The molecule has 1 aliphatic rings. The van der Waals surface area contributed by atoms with Crippen LogP contribution in [0.4, 0.5) is 17.1 Å². The Bertz CT molecular complexity index is 606. The number of rotatable bonds is 3. The highest BCUT2D eigenvalue weighted by molar-refractivity contribution is 5.92. The van der Waals surface area contributed by atoms with Crippen molar-refractivity contribution in [1.82, 2.24) is 0 Å². The van der Waals surface area contributed by atoms with Crippen molar-refractivity contribution < 1.29 is 9.72 Å². The maximum Gasteiger partial charge on any atom is 0.271 e. The molecule has 0 fully saturated rings. The van der Waals surface area contributed by atoms with E-state index in [-0.39, 0.29) is 16.9 Å². The highest BCUT2D eigenvalue weighted by atomic mass is 16.6. The molecule has 106 valence electrons. The second-order valence-corrected chi connectivity index (χ2v) is 5.81. The number of nitro groups is 1. The molecule has 0 heterocycles. The summed E-state index contributed by atoms with van der Waals surface area (Å²) in [6.07, 6.45) is 2.74. The van der Waals surface area contributed by atoms with E-state index in [0.29, 0.717) is 24.2 Å². The molecule has 0 spiro atoms. The summed E-state index contributed by atoms with van der Waals surface area (Å²) in [7, 11) is 0. The first-order chi connectivity index (χ1) is 9.27. The van der Waals surface area contributed by atoms with Gasteiger partial charge in [-0.15, -0.1) is 0 Å². The Labute approximate surface area is 116 Å². The third kappa shape index (κ3) is 3.14. The number of hydrogen-bond donors (Lipinski definition) is 2. The molecular weight excluding hydrogens is 258 g/mol. The minimum absolute atomic E-state index is 0.0382. The van der Waals surface area contributed by atoms with E-state index in [2.05, 4.69) is 5.32 Å². The van der Waals surface area contributed by atoms with Crippen LogP contribution in [-0.2, 0) is 4.79 Å². The molecule has 0 amide bonds. The summed E-state index contributed by atoms with van der Waals surface area (Å²) in [6, 6.07) is 4.21. The molecule has 0 aromatic heterocycles. The van der Waals surface area contributed by atoms with Gasteiger partial charge >= 0.3 is 0 Å². The van der Waals surface area contributed by atoms with Gasteiger partial charge in [-0.1, -0.05) is 13.8 Å². The van der Waals surface area contributed by atoms with Crippen LogP contribution in [0.5, 0.6) is 0 Å². The van der Waals surface area contributed by atoms with Gasteiger partial charge in [0.1, 0.15) is 0 Å². The molecule has 0 saturated carbocycles. The second-order valence-electron chi connectivity index (χ2n) is 5.81. The number of nitrogens with zero attached hydrogens (tertiary/aromatic N) is 1. The predicted octanol–water partition coefficient (Wildman–Crippen LogP) is 2.86. The first-order valence-electron chi connectivity index (χ1n) is 6.31. The zero-order valence-corrected chi connectivity index (χ0v) is 11.5. The van der Waals surface area contributed by atoms with E-state index in [4.69, 9.17) is 5.73 Å². The average molecular weight is 275 g/mol. The lowest BCUT2D eigenvalue weighted by molar-refractivity contribution is -0.384. The van der Waals surface area contributed by atoms with Crippen LogP contribution in [0.2, 0.25) is 0 Å². The molecule has 0 saturated heterocycles. The number of carbonyl (C=O) groups is 1. The van der Waals surface area contributed by atoms with Crippen LogP contribution in [-0.4, -0.2) is 10.7 Å². The number of hydrogen-bond acceptors (Lipinski definition) is 5. The van der Waals surface area contributed by atoms with Gasteiger partial charge in [0.25, 0.3) is 5.69 Å². The van der Waals surface area contributed by atoms with Crippen LogP contribution in [0.25, 0.3) is 0 Å². The quantitative estimate of drug-likeness (QED) is 0.502. The standard InChI is InChI=1S/C14H17N3O3/c1-14(2)7-9(5-11(18)8-14)16-13-6-10(17(19)20)3-4-12(13)15/h3-6,16H,7-8,15H2,1-2H3. The Kier molecular flexibility index (Phi) is 3.48. The van der Waals surface area contributed by atoms with Crippen molar-refractivity contribution in [3.8, 4) is 0 Å². The normalized spacial score (nSPS) is 17.5. The van der Waals surface area contributed by atoms with Crippen LogP contribution in [0.3, 0.4) is 0 Å². The highest BCUT2D eigenvalue weighted by Crippen LogP contribution is 2.35. The number of anilines is 2. The lowest BCUT2D eigenvalue weighted by Crippen LogP contribution is -2.24. The van der Waals surface area contributed by atoms with Crippen molar-refractivity contribution >= 4 is 22.8 Å². The van der Waals surface area contributed by atoms with E-state index in [9.17, 15) is 14.9 Å². The number of nitrogens with one attached hydrogen (secondary N) is 1. The highest BCUT2D eigenvalue weighted by Gasteiger charge is 2.27. The fourth-order valence-electron chi connectivity index (χ4n) is 2.37. The summed E-state index contributed by atoms with van der Waals surface area (Å²) in [5, 5.41) is 13.8. The van der Waals surface area contributed by atoms with Gasteiger partial charge in [-0.3, -0.25) is 14.9 Å². The van der Waals surface area contributed by atoms with Crippen LogP contribution in [0, 0.1) is 15.5 Å². The Morgan fingerprint density at radius 3 is 2.65 bits per heavy atom. The predicted molar refractivity (Wildman–Crippen MR) is 77.2 cm³/mol. The Morgan fingerprint density at radius 1 is 1.35 bits per heavy atom. The largest absolute Gasteiger partial charge is 0.397 e. The minimum atomic E-state index is -0.477. The molecule has 0 atom stereocenters. The first-order valence-corrected chi connectivity index (χ1v) is 6.31. The molecule has 3 N–H and O–H groups in total. The van der Waals surface area contributed by atoms with Crippen molar-refractivity contribution in [3.63, 3.8) is 0 Å². The van der Waals surface area contributed by atoms with Gasteiger partial charge in [0.15, 0.2) is 5.78 Å². The molecule has 0 aliphatic heterocycles. The number of carbonyl (C=O) groups excluding carboxylic acids is 1. The van der Waals surface area contributed by atoms with Crippen LogP contribution in [0.1, 0.15) is 26.7 Å². The molecule has 1 aromatic rings. The molecular formula is C14H17N3O3. The molecule has 2 rings (SSSR count). The smallest absolute Gasteiger partial charge is 0.271 e. The molecule has 6 heteroatoms. The number of ketones is 1. The van der Waals surface area contributed by atoms with E-state index in [1.54, 1.807) is 6.08 Å². The SMILES string of the molecule is CC1(C)CC(=O)C=C(Nc2cc([N+](=O)[O-])ccc2N)C1. The van der Waals surface area contributed by atoms with Gasteiger partial charge in [0, 0.05) is 30.3 Å². The maximum atomic E-state index is 11.7. The molecule has 0 bridgehead atoms. The number of allylic oxidation sites excluding steroid dienone is 2. The lowest BCUT2D eigenvalue weighted by Gasteiger charge is -2.29. The monoisotopic (exact) mass is 275 g/mol.